The van der Waals surface area contributed by atoms with Gasteiger partial charge in [0.05, 0.1) is 18.4 Å². The van der Waals surface area contributed by atoms with E-state index in [1.165, 1.54) is 6.20 Å². The first kappa shape index (κ1) is 13.8. The van der Waals surface area contributed by atoms with Gasteiger partial charge < -0.3 is 15.1 Å². The van der Waals surface area contributed by atoms with Crippen molar-refractivity contribution in [3.05, 3.63) is 46.1 Å². The molecule has 1 aromatic heterocycles. The Bertz CT molecular complexity index is 595. The minimum atomic E-state index is -0.320. The number of aryl methyl sites for hydroxylation is 1. The largest absolute Gasteiger partial charge is 0.434 e. The predicted octanol–water partition coefficient (Wildman–Crippen LogP) is 2.72. The highest BCUT2D eigenvalue weighted by atomic mass is 79.9. The van der Waals surface area contributed by atoms with E-state index in [9.17, 15) is 4.79 Å². The molecule has 6 heteroatoms. The molecule has 0 unspecified atom stereocenters. The van der Waals surface area contributed by atoms with Crippen molar-refractivity contribution in [2.75, 3.05) is 12.4 Å². The molecule has 2 N–H and O–H groups in total. The molecule has 0 saturated heterocycles. The van der Waals surface area contributed by atoms with Gasteiger partial charge in [-0.25, -0.2) is 4.98 Å². The third kappa shape index (κ3) is 3.42. The average Bonchev–Trinajstić information content (AvgIpc) is 2.82. The number of hydrogen-bond donors (Lipinski definition) is 2. The SMILES string of the molecule is CNCc1ncc(C(=O)Nc2ccc(C)cc2Br)o1. The smallest absolute Gasteiger partial charge is 0.293 e. The van der Waals surface area contributed by atoms with Gasteiger partial charge in [0.15, 0.2) is 0 Å². The number of halogens is 1. The van der Waals surface area contributed by atoms with Gasteiger partial charge in [0.1, 0.15) is 0 Å². The van der Waals surface area contributed by atoms with E-state index in [-0.39, 0.29) is 11.7 Å². The molecule has 2 rings (SSSR count). The van der Waals surface area contributed by atoms with Crippen LogP contribution in [0.5, 0.6) is 0 Å². The highest BCUT2D eigenvalue weighted by Gasteiger charge is 2.13. The molecule has 1 heterocycles. The van der Waals surface area contributed by atoms with Crippen molar-refractivity contribution in [2.45, 2.75) is 13.5 Å². The van der Waals surface area contributed by atoms with Crippen molar-refractivity contribution < 1.29 is 9.21 Å². The van der Waals surface area contributed by atoms with Gasteiger partial charge in [-0.05, 0) is 47.6 Å². The molecule has 0 aliphatic carbocycles. The quantitative estimate of drug-likeness (QED) is 0.907. The number of oxazole rings is 1. The zero-order chi connectivity index (χ0) is 13.8. The lowest BCUT2D eigenvalue weighted by atomic mass is 10.2. The summed E-state index contributed by atoms with van der Waals surface area (Å²) < 4.78 is 6.15. The standard InChI is InChI=1S/C13H14BrN3O2/c1-8-3-4-10(9(14)5-8)17-13(18)11-6-16-12(19-11)7-15-2/h3-6,15H,7H2,1-2H3,(H,17,18). The van der Waals surface area contributed by atoms with E-state index < -0.39 is 0 Å². The van der Waals surface area contributed by atoms with E-state index in [4.69, 9.17) is 4.42 Å². The fourth-order valence-electron chi connectivity index (χ4n) is 1.55. The van der Waals surface area contributed by atoms with Crippen LogP contribution in [0.4, 0.5) is 5.69 Å². The highest BCUT2D eigenvalue weighted by Crippen LogP contribution is 2.23. The fourth-order valence-corrected chi connectivity index (χ4v) is 2.15. The van der Waals surface area contributed by atoms with Gasteiger partial charge in [-0.1, -0.05) is 6.07 Å². The molecule has 0 bridgehead atoms. The average molecular weight is 324 g/mol. The van der Waals surface area contributed by atoms with Gasteiger partial charge >= 0.3 is 0 Å². The van der Waals surface area contributed by atoms with Crippen LogP contribution >= 0.6 is 15.9 Å². The number of aromatic nitrogens is 1. The Morgan fingerprint density at radius 3 is 2.95 bits per heavy atom. The second-order valence-corrected chi connectivity index (χ2v) is 4.94. The molecule has 5 nitrogen and oxygen atoms in total. The van der Waals surface area contributed by atoms with E-state index in [0.29, 0.717) is 18.1 Å². The second-order valence-electron chi connectivity index (χ2n) is 4.09. The number of nitrogens with one attached hydrogen (secondary N) is 2. The fraction of sp³-hybridized carbons (Fsp3) is 0.231. The van der Waals surface area contributed by atoms with Gasteiger partial charge in [0, 0.05) is 4.47 Å². The number of carbonyl (C=O) groups is 1. The van der Waals surface area contributed by atoms with Crippen LogP contribution in [0.15, 0.2) is 33.3 Å². The van der Waals surface area contributed by atoms with Crippen LogP contribution in [0.3, 0.4) is 0 Å². The number of nitrogens with zero attached hydrogens (tertiary/aromatic N) is 1. The molecule has 1 amide bonds. The third-order valence-corrected chi connectivity index (χ3v) is 3.13. The van der Waals surface area contributed by atoms with E-state index in [1.54, 1.807) is 7.05 Å². The number of amides is 1. The lowest BCUT2D eigenvalue weighted by Gasteiger charge is -2.06. The summed E-state index contributed by atoms with van der Waals surface area (Å²) in [5.74, 6) is 0.354. The van der Waals surface area contributed by atoms with E-state index >= 15 is 0 Å². The summed E-state index contributed by atoms with van der Waals surface area (Å²) in [7, 11) is 1.79. The molecule has 0 spiro atoms. The molecule has 0 saturated carbocycles. The van der Waals surface area contributed by atoms with Crippen LogP contribution < -0.4 is 10.6 Å². The highest BCUT2D eigenvalue weighted by molar-refractivity contribution is 9.10. The van der Waals surface area contributed by atoms with Crippen molar-refractivity contribution in [1.29, 1.82) is 0 Å². The Balaban J connectivity index is 2.11. The topological polar surface area (TPSA) is 67.2 Å². The monoisotopic (exact) mass is 323 g/mol. The molecule has 0 radical (unpaired) electrons. The van der Waals surface area contributed by atoms with Gasteiger partial charge in [-0.3, -0.25) is 4.79 Å². The van der Waals surface area contributed by atoms with Crippen molar-refractivity contribution in [1.82, 2.24) is 10.3 Å². The first-order valence-electron chi connectivity index (χ1n) is 5.77. The molecule has 0 aliphatic rings. The molecule has 19 heavy (non-hydrogen) atoms. The van der Waals surface area contributed by atoms with Crippen LogP contribution in [0.1, 0.15) is 22.0 Å². The maximum Gasteiger partial charge on any atom is 0.293 e. The maximum atomic E-state index is 12.0. The van der Waals surface area contributed by atoms with E-state index in [2.05, 4.69) is 31.5 Å². The number of anilines is 1. The van der Waals surface area contributed by atoms with Crippen molar-refractivity contribution in [3.8, 4) is 0 Å². The van der Waals surface area contributed by atoms with Crippen LogP contribution in [0.2, 0.25) is 0 Å². The zero-order valence-electron chi connectivity index (χ0n) is 10.7. The summed E-state index contributed by atoms with van der Waals surface area (Å²) in [5.41, 5.74) is 1.81. The number of hydrogen-bond acceptors (Lipinski definition) is 4. The van der Waals surface area contributed by atoms with E-state index in [1.807, 2.05) is 25.1 Å². The Morgan fingerprint density at radius 1 is 1.47 bits per heavy atom. The first-order valence-corrected chi connectivity index (χ1v) is 6.56. The molecule has 100 valence electrons. The van der Waals surface area contributed by atoms with E-state index in [0.717, 1.165) is 10.0 Å². The number of benzene rings is 1. The molecular formula is C13H14BrN3O2. The molecule has 0 fully saturated rings. The Labute approximate surface area is 119 Å². The lowest BCUT2D eigenvalue weighted by Crippen LogP contribution is -2.11. The summed E-state index contributed by atoms with van der Waals surface area (Å²) in [6.45, 7) is 2.47. The van der Waals surface area contributed by atoms with Crippen LogP contribution in [-0.4, -0.2) is 17.9 Å². The molecule has 1 aromatic carbocycles. The van der Waals surface area contributed by atoms with Crippen LogP contribution in [0, 0.1) is 6.92 Å². The summed E-state index contributed by atoms with van der Waals surface area (Å²) in [4.78, 5) is 16.0. The van der Waals surface area contributed by atoms with Crippen LogP contribution in [-0.2, 0) is 6.54 Å². The van der Waals surface area contributed by atoms with Crippen molar-refractivity contribution in [2.24, 2.45) is 0 Å². The summed E-state index contributed by atoms with van der Waals surface area (Å²) in [6.07, 6.45) is 1.42. The van der Waals surface area contributed by atoms with Gasteiger partial charge in [0.2, 0.25) is 11.7 Å². The minimum absolute atomic E-state index is 0.192. The second kappa shape index (κ2) is 5.99. The molecular weight excluding hydrogens is 310 g/mol. The summed E-state index contributed by atoms with van der Waals surface area (Å²) in [6, 6.07) is 5.69. The normalized spacial score (nSPS) is 10.5. The molecule has 0 aliphatic heterocycles. The third-order valence-electron chi connectivity index (χ3n) is 2.48. The lowest BCUT2D eigenvalue weighted by molar-refractivity contribution is 0.0994. The maximum absolute atomic E-state index is 12.0. The van der Waals surface area contributed by atoms with Gasteiger partial charge in [-0.15, -0.1) is 0 Å². The van der Waals surface area contributed by atoms with Gasteiger partial charge in [0.25, 0.3) is 5.91 Å². The predicted molar refractivity (Wildman–Crippen MR) is 76.1 cm³/mol. The number of carbonyl (C=O) groups excluding carboxylic acids is 1. The Kier molecular flexibility index (Phi) is 4.34. The minimum Gasteiger partial charge on any atom is -0.434 e. The number of rotatable bonds is 4. The first-order chi connectivity index (χ1) is 9.10. The Morgan fingerprint density at radius 2 is 2.26 bits per heavy atom. The zero-order valence-corrected chi connectivity index (χ0v) is 12.2. The summed E-state index contributed by atoms with van der Waals surface area (Å²) in [5, 5.41) is 5.68. The van der Waals surface area contributed by atoms with Crippen molar-refractivity contribution in [3.63, 3.8) is 0 Å². The molecule has 2 aromatic rings. The van der Waals surface area contributed by atoms with Crippen molar-refractivity contribution >= 4 is 27.5 Å². The Hall–Kier alpha value is -1.66. The molecule has 0 atom stereocenters. The summed E-state index contributed by atoms with van der Waals surface area (Å²) >= 11 is 3.41. The van der Waals surface area contributed by atoms with Crippen LogP contribution in [0.25, 0.3) is 0 Å². The van der Waals surface area contributed by atoms with Gasteiger partial charge in [-0.2, -0.15) is 0 Å².